The molecule has 144 valence electrons. The number of rotatable bonds is 6. The van der Waals surface area contributed by atoms with E-state index in [1.54, 1.807) is 30.6 Å². The second-order valence-electron chi connectivity index (χ2n) is 6.07. The molecule has 2 heterocycles. The first-order chi connectivity index (χ1) is 14.1. The topological polar surface area (TPSA) is 115 Å². The van der Waals surface area contributed by atoms with E-state index in [2.05, 4.69) is 25.6 Å². The average Bonchev–Trinajstić information content (AvgIpc) is 2.74. The van der Waals surface area contributed by atoms with Gasteiger partial charge in [-0.1, -0.05) is 18.2 Å². The molecular weight excluding hydrogens is 372 g/mol. The van der Waals surface area contributed by atoms with Crippen molar-refractivity contribution in [3.8, 4) is 5.75 Å². The molecule has 2 N–H and O–H groups in total. The highest BCUT2D eigenvalue weighted by Crippen LogP contribution is 2.30. The molecule has 0 aliphatic heterocycles. The molecular formula is C20H16N6O3. The fraction of sp³-hybridized carbons (Fsp3) is 0.0500. The minimum absolute atomic E-state index is 0.134. The molecule has 0 fully saturated rings. The van der Waals surface area contributed by atoms with Gasteiger partial charge in [-0.3, -0.25) is 15.1 Å². The summed E-state index contributed by atoms with van der Waals surface area (Å²) in [5.41, 5.74) is 1.80. The van der Waals surface area contributed by atoms with Crippen molar-refractivity contribution in [2.45, 2.75) is 0 Å². The number of nitro benzene ring substituents is 1. The van der Waals surface area contributed by atoms with Gasteiger partial charge >= 0.3 is 0 Å². The lowest BCUT2D eigenvalue weighted by Gasteiger charge is -2.10. The zero-order valence-corrected chi connectivity index (χ0v) is 15.4. The second kappa shape index (κ2) is 7.77. The number of nitrogens with zero attached hydrogens (tertiary/aromatic N) is 4. The molecule has 0 saturated carbocycles. The van der Waals surface area contributed by atoms with Crippen molar-refractivity contribution in [2.75, 3.05) is 17.7 Å². The Morgan fingerprint density at radius 3 is 2.72 bits per heavy atom. The van der Waals surface area contributed by atoms with E-state index in [-0.39, 0.29) is 17.3 Å². The Bertz CT molecular complexity index is 1200. The Morgan fingerprint density at radius 1 is 1.03 bits per heavy atom. The number of hydrogen-bond donors (Lipinski definition) is 2. The lowest BCUT2D eigenvalue weighted by Crippen LogP contribution is -2.03. The molecule has 2 aromatic heterocycles. The van der Waals surface area contributed by atoms with E-state index in [0.29, 0.717) is 11.6 Å². The monoisotopic (exact) mass is 388 g/mol. The van der Waals surface area contributed by atoms with Gasteiger partial charge in [-0.05, 0) is 30.3 Å². The fourth-order valence-corrected chi connectivity index (χ4v) is 2.79. The third kappa shape index (κ3) is 4.03. The van der Waals surface area contributed by atoms with E-state index < -0.39 is 4.92 Å². The molecule has 0 atom stereocenters. The van der Waals surface area contributed by atoms with Gasteiger partial charge < -0.3 is 15.4 Å². The van der Waals surface area contributed by atoms with Crippen LogP contribution in [0, 0.1) is 10.1 Å². The number of aromatic nitrogens is 3. The highest BCUT2D eigenvalue weighted by Gasteiger charge is 2.16. The number of para-hydroxylation sites is 1. The highest BCUT2D eigenvalue weighted by atomic mass is 16.6. The lowest BCUT2D eigenvalue weighted by molar-refractivity contribution is -0.384. The molecule has 0 spiro atoms. The Labute approximate surface area is 165 Å². The maximum Gasteiger partial charge on any atom is 0.296 e. The summed E-state index contributed by atoms with van der Waals surface area (Å²) < 4.78 is 5.05. The molecule has 0 aliphatic rings. The molecule has 4 aromatic rings. The van der Waals surface area contributed by atoms with Crippen LogP contribution in [0.4, 0.5) is 28.8 Å². The van der Waals surface area contributed by atoms with Crippen molar-refractivity contribution in [3.63, 3.8) is 0 Å². The van der Waals surface area contributed by atoms with E-state index in [9.17, 15) is 10.1 Å². The number of methoxy groups -OCH3 is 1. The van der Waals surface area contributed by atoms with E-state index >= 15 is 0 Å². The minimum atomic E-state index is -0.492. The fourth-order valence-electron chi connectivity index (χ4n) is 2.79. The van der Waals surface area contributed by atoms with Crippen LogP contribution in [0.5, 0.6) is 5.75 Å². The quantitative estimate of drug-likeness (QED) is 0.368. The van der Waals surface area contributed by atoms with Gasteiger partial charge in [0.2, 0.25) is 5.95 Å². The normalized spacial score (nSPS) is 10.5. The second-order valence-corrected chi connectivity index (χ2v) is 6.07. The van der Waals surface area contributed by atoms with Gasteiger partial charge in [-0.25, -0.2) is 4.98 Å². The van der Waals surface area contributed by atoms with Crippen molar-refractivity contribution < 1.29 is 9.66 Å². The van der Waals surface area contributed by atoms with Crippen LogP contribution in [-0.2, 0) is 0 Å². The minimum Gasteiger partial charge on any atom is -0.496 e. The van der Waals surface area contributed by atoms with Crippen molar-refractivity contribution >= 4 is 39.7 Å². The zero-order valence-electron chi connectivity index (χ0n) is 15.4. The molecule has 9 nitrogen and oxygen atoms in total. The lowest BCUT2D eigenvalue weighted by atomic mass is 10.2. The van der Waals surface area contributed by atoms with Crippen molar-refractivity contribution in [1.82, 2.24) is 15.0 Å². The summed E-state index contributed by atoms with van der Waals surface area (Å²) in [5.74, 6) is 1.13. The van der Waals surface area contributed by atoms with E-state index in [1.807, 2.05) is 30.3 Å². The van der Waals surface area contributed by atoms with Crippen molar-refractivity contribution in [1.29, 1.82) is 0 Å². The number of fused-ring (bicyclic) bond motifs is 1. The smallest absolute Gasteiger partial charge is 0.296 e. The number of pyridine rings is 1. The maximum atomic E-state index is 11.3. The average molecular weight is 388 g/mol. The van der Waals surface area contributed by atoms with Crippen LogP contribution in [0.2, 0.25) is 0 Å². The SMILES string of the molecule is COc1ccc(Nc2nccc(Nc3cnc4ccccc4c3)n2)c([N+](=O)[O-])c1. The summed E-state index contributed by atoms with van der Waals surface area (Å²) >= 11 is 0. The van der Waals surface area contributed by atoms with E-state index in [4.69, 9.17) is 4.74 Å². The first-order valence-electron chi connectivity index (χ1n) is 8.67. The Balaban J connectivity index is 1.58. The molecule has 0 bridgehead atoms. The van der Waals surface area contributed by atoms with Crippen LogP contribution >= 0.6 is 0 Å². The molecule has 0 aliphatic carbocycles. The summed E-state index contributed by atoms with van der Waals surface area (Å²) in [6, 6.07) is 16.0. The molecule has 0 radical (unpaired) electrons. The molecule has 0 unspecified atom stereocenters. The number of nitrogens with one attached hydrogen (secondary N) is 2. The number of benzene rings is 2. The van der Waals surface area contributed by atoms with Gasteiger partial charge in [0.1, 0.15) is 17.3 Å². The van der Waals surface area contributed by atoms with Crippen LogP contribution in [0.3, 0.4) is 0 Å². The molecule has 29 heavy (non-hydrogen) atoms. The summed E-state index contributed by atoms with van der Waals surface area (Å²) in [4.78, 5) is 23.8. The number of ether oxygens (including phenoxy) is 1. The number of hydrogen-bond acceptors (Lipinski definition) is 8. The summed E-state index contributed by atoms with van der Waals surface area (Å²) in [5, 5.41) is 18.4. The predicted molar refractivity (Wildman–Crippen MR) is 110 cm³/mol. The third-order valence-electron chi connectivity index (χ3n) is 4.17. The summed E-state index contributed by atoms with van der Waals surface area (Å²) in [6.45, 7) is 0. The summed E-state index contributed by atoms with van der Waals surface area (Å²) in [7, 11) is 1.45. The van der Waals surface area contributed by atoms with Crippen LogP contribution in [-0.4, -0.2) is 27.0 Å². The molecule has 4 rings (SSSR count). The van der Waals surface area contributed by atoms with Crippen LogP contribution in [0.15, 0.2) is 67.0 Å². The summed E-state index contributed by atoms with van der Waals surface area (Å²) in [6.07, 6.45) is 3.27. The van der Waals surface area contributed by atoms with Crippen molar-refractivity contribution in [2.24, 2.45) is 0 Å². The van der Waals surface area contributed by atoms with Crippen LogP contribution < -0.4 is 15.4 Å². The Kier molecular flexibility index (Phi) is 4.85. The van der Waals surface area contributed by atoms with Gasteiger partial charge in [0.05, 0.1) is 35.5 Å². The van der Waals surface area contributed by atoms with Gasteiger partial charge in [0, 0.05) is 11.6 Å². The predicted octanol–water partition coefficient (Wildman–Crippen LogP) is 4.43. The molecule has 0 amide bonds. The van der Waals surface area contributed by atoms with Gasteiger partial charge in [0.25, 0.3) is 5.69 Å². The van der Waals surface area contributed by atoms with Crippen LogP contribution in [0.25, 0.3) is 10.9 Å². The van der Waals surface area contributed by atoms with E-state index in [1.165, 1.54) is 13.2 Å². The number of nitro groups is 1. The first-order valence-corrected chi connectivity index (χ1v) is 8.67. The van der Waals surface area contributed by atoms with Gasteiger partial charge in [0.15, 0.2) is 0 Å². The van der Waals surface area contributed by atoms with E-state index in [0.717, 1.165) is 16.6 Å². The van der Waals surface area contributed by atoms with Crippen molar-refractivity contribution in [3.05, 3.63) is 77.1 Å². The molecule has 9 heteroatoms. The van der Waals surface area contributed by atoms with Crippen LogP contribution in [0.1, 0.15) is 0 Å². The largest absolute Gasteiger partial charge is 0.496 e. The highest BCUT2D eigenvalue weighted by molar-refractivity contribution is 5.82. The zero-order chi connectivity index (χ0) is 20.2. The standard InChI is InChI=1S/C20H16N6O3/c1-29-15-6-7-17(18(11-15)26(27)28)24-20-21-9-8-19(25-20)23-14-10-13-4-2-3-5-16(13)22-12-14/h2-12H,1H3,(H2,21,23,24,25). The van der Waals surface area contributed by atoms with Gasteiger partial charge in [-0.15, -0.1) is 0 Å². The Hall–Kier alpha value is -4.27. The number of anilines is 4. The third-order valence-corrected chi connectivity index (χ3v) is 4.17. The first kappa shape index (κ1) is 18.1. The molecule has 0 saturated heterocycles. The maximum absolute atomic E-state index is 11.3. The Morgan fingerprint density at radius 2 is 1.90 bits per heavy atom. The molecule has 2 aromatic carbocycles. The van der Waals surface area contributed by atoms with Gasteiger partial charge in [-0.2, -0.15) is 4.98 Å².